The molecule has 1 N–H and O–H groups in total. The average molecular weight is 403 g/mol. The lowest BCUT2D eigenvalue weighted by atomic mass is 10.0. The van der Waals surface area contributed by atoms with Gasteiger partial charge in [-0.05, 0) is 62.9 Å². The van der Waals surface area contributed by atoms with Crippen LogP contribution in [0.15, 0.2) is 42.5 Å². The number of carbonyl (C=O) groups excluding carboxylic acids is 1. The Bertz CT molecular complexity index is 937. The van der Waals surface area contributed by atoms with Crippen LogP contribution in [0, 0.1) is 20.8 Å². The molecule has 5 nitrogen and oxygen atoms in total. The number of aryl methyl sites for hydroxylation is 3. The maximum Gasteiger partial charge on any atom is 0.244 e. The monoisotopic (exact) mass is 402 g/mol. The number of hydrogen-bond donors (Lipinski definition) is 1. The molecular weight excluding hydrogens is 372 g/mol. The molecule has 0 aliphatic rings. The lowest BCUT2D eigenvalue weighted by Crippen LogP contribution is -2.48. The standard InChI is InChI=1S/C22H30N2O3S/c1-7-21(19-11-8-15(2)9-12-19)23-22(25)18(5)24(28(6,26)27)20-13-10-16(3)17(4)14-20/h8-14,18,21H,7H2,1-6H3,(H,23,25)/t18-,21-/m1/s1. The predicted molar refractivity (Wildman–Crippen MR) is 115 cm³/mol. The molecule has 0 fully saturated rings. The highest BCUT2D eigenvalue weighted by Crippen LogP contribution is 2.25. The van der Waals surface area contributed by atoms with E-state index in [2.05, 4.69) is 5.32 Å². The largest absolute Gasteiger partial charge is 0.347 e. The maximum absolute atomic E-state index is 12.9. The molecule has 0 unspecified atom stereocenters. The van der Waals surface area contributed by atoms with E-state index in [1.54, 1.807) is 19.1 Å². The smallest absolute Gasteiger partial charge is 0.244 e. The van der Waals surface area contributed by atoms with Crippen molar-refractivity contribution < 1.29 is 13.2 Å². The molecule has 0 saturated carbocycles. The first-order valence-corrected chi connectivity index (χ1v) is 11.3. The number of amides is 1. The number of anilines is 1. The summed E-state index contributed by atoms with van der Waals surface area (Å²) in [6.07, 6.45) is 1.84. The Hall–Kier alpha value is -2.34. The average Bonchev–Trinajstić information content (AvgIpc) is 2.62. The van der Waals surface area contributed by atoms with E-state index in [1.807, 2.05) is 58.0 Å². The van der Waals surface area contributed by atoms with Gasteiger partial charge in [-0.1, -0.05) is 42.8 Å². The van der Waals surface area contributed by atoms with E-state index in [9.17, 15) is 13.2 Å². The minimum atomic E-state index is -3.63. The van der Waals surface area contributed by atoms with Crippen LogP contribution in [0.3, 0.4) is 0 Å². The molecule has 6 heteroatoms. The lowest BCUT2D eigenvalue weighted by molar-refractivity contribution is -0.122. The fourth-order valence-corrected chi connectivity index (χ4v) is 4.35. The topological polar surface area (TPSA) is 66.5 Å². The second-order valence-electron chi connectivity index (χ2n) is 7.38. The Morgan fingerprint density at radius 2 is 1.64 bits per heavy atom. The zero-order valence-corrected chi connectivity index (χ0v) is 18.3. The van der Waals surface area contributed by atoms with Crippen molar-refractivity contribution in [2.24, 2.45) is 0 Å². The summed E-state index contributed by atoms with van der Waals surface area (Å²) in [7, 11) is -3.63. The molecule has 0 radical (unpaired) electrons. The van der Waals surface area contributed by atoms with E-state index < -0.39 is 16.1 Å². The highest BCUT2D eigenvalue weighted by atomic mass is 32.2. The zero-order chi connectivity index (χ0) is 21.1. The summed E-state index contributed by atoms with van der Waals surface area (Å²) in [5.74, 6) is -0.323. The van der Waals surface area contributed by atoms with E-state index in [0.29, 0.717) is 12.1 Å². The van der Waals surface area contributed by atoms with Crippen molar-refractivity contribution in [1.82, 2.24) is 5.32 Å². The Morgan fingerprint density at radius 1 is 1.04 bits per heavy atom. The van der Waals surface area contributed by atoms with Gasteiger partial charge in [0.1, 0.15) is 6.04 Å². The van der Waals surface area contributed by atoms with Crippen molar-refractivity contribution in [2.45, 2.75) is 53.1 Å². The maximum atomic E-state index is 12.9. The van der Waals surface area contributed by atoms with Crippen LogP contribution in [-0.2, 0) is 14.8 Å². The minimum Gasteiger partial charge on any atom is -0.347 e. The number of sulfonamides is 1. The van der Waals surface area contributed by atoms with Gasteiger partial charge < -0.3 is 5.32 Å². The first-order chi connectivity index (χ1) is 13.0. The van der Waals surface area contributed by atoms with Crippen LogP contribution in [0.1, 0.15) is 48.6 Å². The molecule has 0 aliphatic carbocycles. The van der Waals surface area contributed by atoms with Gasteiger partial charge in [0.05, 0.1) is 18.0 Å². The molecule has 28 heavy (non-hydrogen) atoms. The first-order valence-electron chi connectivity index (χ1n) is 9.48. The number of nitrogens with one attached hydrogen (secondary N) is 1. The van der Waals surface area contributed by atoms with Gasteiger partial charge in [-0.25, -0.2) is 8.42 Å². The molecule has 152 valence electrons. The highest BCUT2D eigenvalue weighted by molar-refractivity contribution is 7.92. The summed E-state index contributed by atoms with van der Waals surface area (Å²) in [4.78, 5) is 12.9. The molecule has 2 rings (SSSR count). The third-order valence-corrected chi connectivity index (χ3v) is 6.28. The predicted octanol–water partition coefficient (Wildman–Crippen LogP) is 4.03. The molecule has 0 aliphatic heterocycles. The van der Waals surface area contributed by atoms with Crippen molar-refractivity contribution in [3.63, 3.8) is 0 Å². The van der Waals surface area contributed by atoms with Gasteiger partial charge >= 0.3 is 0 Å². The zero-order valence-electron chi connectivity index (χ0n) is 17.5. The second-order valence-corrected chi connectivity index (χ2v) is 9.24. The normalized spacial score (nSPS) is 13.6. The van der Waals surface area contributed by atoms with Gasteiger partial charge in [-0.3, -0.25) is 9.10 Å². The molecule has 2 aromatic carbocycles. The molecule has 1 amide bonds. The van der Waals surface area contributed by atoms with Crippen LogP contribution in [0.4, 0.5) is 5.69 Å². The molecule has 0 bridgehead atoms. The summed E-state index contributed by atoms with van der Waals surface area (Å²) < 4.78 is 26.2. The molecule has 0 spiro atoms. The number of benzene rings is 2. The number of rotatable bonds is 7. The van der Waals surface area contributed by atoms with E-state index in [1.165, 1.54) is 4.31 Å². The van der Waals surface area contributed by atoms with Gasteiger partial charge in [-0.15, -0.1) is 0 Å². The van der Waals surface area contributed by atoms with Crippen molar-refractivity contribution in [1.29, 1.82) is 0 Å². The molecule has 0 aromatic heterocycles. The Kier molecular flexibility index (Phi) is 6.88. The van der Waals surface area contributed by atoms with E-state index >= 15 is 0 Å². The summed E-state index contributed by atoms with van der Waals surface area (Å²) in [6, 6.07) is 12.4. The molecule has 0 heterocycles. The fraction of sp³-hybridized carbons (Fsp3) is 0.409. The number of carbonyl (C=O) groups is 1. The summed E-state index contributed by atoms with van der Waals surface area (Å²) in [5.41, 5.74) is 4.70. The van der Waals surface area contributed by atoms with E-state index in [4.69, 9.17) is 0 Å². The SMILES string of the molecule is CC[C@@H](NC(=O)[C@@H](C)N(c1ccc(C)c(C)c1)S(C)(=O)=O)c1ccc(C)cc1. The van der Waals surface area contributed by atoms with Gasteiger partial charge in [0.25, 0.3) is 0 Å². The van der Waals surface area contributed by atoms with Crippen LogP contribution < -0.4 is 9.62 Å². The van der Waals surface area contributed by atoms with Crippen LogP contribution in [0.2, 0.25) is 0 Å². The van der Waals surface area contributed by atoms with Gasteiger partial charge in [-0.2, -0.15) is 0 Å². The van der Waals surface area contributed by atoms with Crippen LogP contribution in [-0.4, -0.2) is 26.6 Å². The van der Waals surface area contributed by atoms with Crippen molar-refractivity contribution in [2.75, 3.05) is 10.6 Å². The van der Waals surface area contributed by atoms with Crippen molar-refractivity contribution >= 4 is 21.6 Å². The van der Waals surface area contributed by atoms with Crippen molar-refractivity contribution in [3.8, 4) is 0 Å². The molecule has 2 atom stereocenters. The molecule has 2 aromatic rings. The third kappa shape index (κ3) is 5.13. The van der Waals surface area contributed by atoms with E-state index in [-0.39, 0.29) is 11.9 Å². The Balaban J connectivity index is 2.30. The minimum absolute atomic E-state index is 0.170. The van der Waals surface area contributed by atoms with Gasteiger partial charge in [0.2, 0.25) is 15.9 Å². The number of hydrogen-bond acceptors (Lipinski definition) is 3. The quantitative estimate of drug-likeness (QED) is 0.760. The summed E-state index contributed by atoms with van der Waals surface area (Å²) in [6.45, 7) is 9.52. The number of nitrogens with zero attached hydrogens (tertiary/aromatic N) is 1. The van der Waals surface area contributed by atoms with Crippen molar-refractivity contribution in [3.05, 3.63) is 64.7 Å². The van der Waals surface area contributed by atoms with Crippen LogP contribution in [0.5, 0.6) is 0 Å². The summed E-state index contributed by atoms with van der Waals surface area (Å²) >= 11 is 0. The molecule has 0 saturated heterocycles. The van der Waals surface area contributed by atoms with Gasteiger partial charge in [0.15, 0.2) is 0 Å². The van der Waals surface area contributed by atoms with Gasteiger partial charge in [0, 0.05) is 0 Å². The lowest BCUT2D eigenvalue weighted by Gasteiger charge is -2.30. The van der Waals surface area contributed by atoms with Crippen LogP contribution >= 0.6 is 0 Å². The Morgan fingerprint density at radius 3 is 2.14 bits per heavy atom. The second kappa shape index (κ2) is 8.78. The summed E-state index contributed by atoms with van der Waals surface area (Å²) in [5, 5.41) is 3.01. The third-order valence-electron chi connectivity index (χ3n) is 5.04. The van der Waals surface area contributed by atoms with Crippen LogP contribution in [0.25, 0.3) is 0 Å². The Labute approximate surface area is 168 Å². The van der Waals surface area contributed by atoms with E-state index in [0.717, 1.165) is 28.5 Å². The first kappa shape index (κ1) is 22.0. The molecular formula is C22H30N2O3S. The fourth-order valence-electron chi connectivity index (χ4n) is 3.18. The highest BCUT2D eigenvalue weighted by Gasteiger charge is 2.30.